The van der Waals surface area contributed by atoms with Gasteiger partial charge in [0, 0.05) is 5.02 Å². The standard InChI is InChI=1S/C23H18ClN3O4/c1-30-21-12-16(8-11-20(21)31-14-15-6-9-17(24)10-7-15)13-25-27-22(28)18-4-2-3-5-19(18)26-23(27)29/h2-13H,14H2,1H3,(H,26,29). The lowest BCUT2D eigenvalue weighted by molar-refractivity contribution is 0.284. The second-order valence-electron chi connectivity index (χ2n) is 6.66. The van der Waals surface area contributed by atoms with E-state index < -0.39 is 11.2 Å². The first-order valence-corrected chi connectivity index (χ1v) is 9.76. The number of ether oxygens (including phenoxy) is 2. The van der Waals surface area contributed by atoms with Crippen LogP contribution in [0.25, 0.3) is 10.9 Å². The van der Waals surface area contributed by atoms with E-state index in [0.29, 0.717) is 39.6 Å². The molecule has 7 nitrogen and oxygen atoms in total. The van der Waals surface area contributed by atoms with Crippen molar-refractivity contribution in [1.82, 2.24) is 9.66 Å². The summed E-state index contributed by atoms with van der Waals surface area (Å²) >= 11 is 5.90. The Kier molecular flexibility index (Phi) is 5.86. The van der Waals surface area contributed by atoms with E-state index in [9.17, 15) is 9.59 Å². The number of aromatic nitrogens is 2. The van der Waals surface area contributed by atoms with Crippen LogP contribution in [-0.2, 0) is 6.61 Å². The third-order valence-electron chi connectivity index (χ3n) is 4.60. The molecule has 1 aromatic heterocycles. The van der Waals surface area contributed by atoms with Gasteiger partial charge in [0.2, 0.25) is 0 Å². The smallest absolute Gasteiger partial charge is 0.349 e. The normalized spacial score (nSPS) is 11.2. The van der Waals surface area contributed by atoms with Crippen molar-refractivity contribution in [2.45, 2.75) is 6.61 Å². The van der Waals surface area contributed by atoms with Crippen molar-refractivity contribution in [3.05, 3.63) is 104 Å². The first-order chi connectivity index (χ1) is 15.0. The number of hydrogen-bond donors (Lipinski definition) is 1. The average Bonchev–Trinajstić information content (AvgIpc) is 2.79. The van der Waals surface area contributed by atoms with Gasteiger partial charge in [0.15, 0.2) is 11.5 Å². The van der Waals surface area contributed by atoms with Gasteiger partial charge in [-0.05, 0) is 53.6 Å². The van der Waals surface area contributed by atoms with Crippen LogP contribution in [0.5, 0.6) is 11.5 Å². The van der Waals surface area contributed by atoms with Gasteiger partial charge < -0.3 is 14.5 Å². The first-order valence-electron chi connectivity index (χ1n) is 9.39. The van der Waals surface area contributed by atoms with Crippen LogP contribution in [0.4, 0.5) is 0 Å². The first kappa shape index (κ1) is 20.4. The molecule has 31 heavy (non-hydrogen) atoms. The van der Waals surface area contributed by atoms with Crippen molar-refractivity contribution in [3.63, 3.8) is 0 Å². The molecule has 4 rings (SSSR count). The summed E-state index contributed by atoms with van der Waals surface area (Å²) in [5, 5.41) is 5.10. The molecule has 1 N–H and O–H groups in total. The van der Waals surface area contributed by atoms with E-state index in [1.54, 1.807) is 54.6 Å². The largest absolute Gasteiger partial charge is 0.493 e. The summed E-state index contributed by atoms with van der Waals surface area (Å²) in [4.78, 5) is 27.4. The molecule has 8 heteroatoms. The summed E-state index contributed by atoms with van der Waals surface area (Å²) in [5.74, 6) is 1.05. The number of aromatic amines is 1. The van der Waals surface area contributed by atoms with Crippen molar-refractivity contribution >= 4 is 28.7 Å². The number of nitrogens with zero attached hydrogens (tertiary/aromatic N) is 2. The number of nitrogens with one attached hydrogen (secondary N) is 1. The molecule has 0 spiro atoms. The summed E-state index contributed by atoms with van der Waals surface area (Å²) in [5.41, 5.74) is 0.954. The van der Waals surface area contributed by atoms with E-state index in [2.05, 4.69) is 10.1 Å². The Hall–Kier alpha value is -3.84. The number of methoxy groups -OCH3 is 1. The summed E-state index contributed by atoms with van der Waals surface area (Å²) in [6.07, 6.45) is 1.41. The van der Waals surface area contributed by atoms with Gasteiger partial charge in [-0.3, -0.25) is 4.79 Å². The molecule has 4 aromatic rings. The summed E-state index contributed by atoms with van der Waals surface area (Å²) in [7, 11) is 1.53. The predicted octanol–water partition coefficient (Wildman–Crippen LogP) is 3.81. The van der Waals surface area contributed by atoms with Crippen LogP contribution >= 0.6 is 11.6 Å². The zero-order chi connectivity index (χ0) is 21.8. The number of fused-ring (bicyclic) bond motifs is 1. The summed E-state index contributed by atoms with van der Waals surface area (Å²) in [6, 6.07) is 19.3. The van der Waals surface area contributed by atoms with Gasteiger partial charge >= 0.3 is 5.69 Å². The molecule has 0 aliphatic carbocycles. The van der Waals surface area contributed by atoms with Gasteiger partial charge in [-0.25, -0.2) is 4.79 Å². The lowest BCUT2D eigenvalue weighted by atomic mass is 10.2. The van der Waals surface area contributed by atoms with Gasteiger partial charge in [0.1, 0.15) is 6.61 Å². The van der Waals surface area contributed by atoms with Crippen molar-refractivity contribution in [3.8, 4) is 11.5 Å². The van der Waals surface area contributed by atoms with E-state index in [1.807, 2.05) is 12.1 Å². The van der Waals surface area contributed by atoms with Gasteiger partial charge in [-0.1, -0.05) is 35.9 Å². The minimum atomic E-state index is -0.616. The summed E-state index contributed by atoms with van der Waals surface area (Å²) < 4.78 is 12.0. The van der Waals surface area contributed by atoms with Crippen LogP contribution in [0.2, 0.25) is 5.02 Å². The fourth-order valence-corrected chi connectivity index (χ4v) is 3.13. The molecular formula is C23H18ClN3O4. The van der Waals surface area contributed by atoms with Crippen molar-refractivity contribution < 1.29 is 9.47 Å². The molecule has 0 amide bonds. The molecule has 0 atom stereocenters. The Bertz CT molecular complexity index is 1370. The SMILES string of the molecule is COc1cc(C=Nn2c(=O)[nH]c3ccccc3c2=O)ccc1OCc1ccc(Cl)cc1. The Labute approximate surface area is 182 Å². The quantitative estimate of drug-likeness (QED) is 0.466. The molecule has 156 valence electrons. The fourth-order valence-electron chi connectivity index (χ4n) is 3.01. The monoisotopic (exact) mass is 435 g/mol. The molecule has 0 unspecified atom stereocenters. The highest BCUT2D eigenvalue weighted by Crippen LogP contribution is 2.28. The second kappa shape index (κ2) is 8.89. The number of H-pyrrole nitrogens is 1. The number of halogens is 1. The summed E-state index contributed by atoms with van der Waals surface area (Å²) in [6.45, 7) is 0.350. The maximum absolute atomic E-state index is 12.6. The predicted molar refractivity (Wildman–Crippen MR) is 121 cm³/mol. The zero-order valence-electron chi connectivity index (χ0n) is 16.5. The Morgan fingerprint density at radius 1 is 1.03 bits per heavy atom. The number of rotatable bonds is 6. The fraction of sp³-hybridized carbons (Fsp3) is 0.0870. The van der Waals surface area contributed by atoms with Crippen molar-refractivity contribution in [1.29, 1.82) is 0 Å². The maximum Gasteiger partial charge on any atom is 0.349 e. The van der Waals surface area contributed by atoms with Gasteiger partial charge in [0.25, 0.3) is 5.56 Å². The van der Waals surface area contributed by atoms with Crippen molar-refractivity contribution in [2.24, 2.45) is 5.10 Å². The van der Waals surface area contributed by atoms with Gasteiger partial charge in [0.05, 0.1) is 24.2 Å². The lowest BCUT2D eigenvalue weighted by Gasteiger charge is -2.11. The van der Waals surface area contributed by atoms with E-state index in [1.165, 1.54) is 13.3 Å². The molecule has 1 heterocycles. The van der Waals surface area contributed by atoms with Crippen LogP contribution in [0.1, 0.15) is 11.1 Å². The van der Waals surface area contributed by atoms with E-state index in [-0.39, 0.29) is 0 Å². The molecule has 0 saturated carbocycles. The minimum absolute atomic E-state index is 0.350. The highest BCUT2D eigenvalue weighted by atomic mass is 35.5. The van der Waals surface area contributed by atoms with Gasteiger partial charge in [-0.2, -0.15) is 5.10 Å². The van der Waals surface area contributed by atoms with Crippen LogP contribution in [0, 0.1) is 0 Å². The van der Waals surface area contributed by atoms with Crippen LogP contribution in [0.3, 0.4) is 0 Å². The van der Waals surface area contributed by atoms with Crippen molar-refractivity contribution in [2.75, 3.05) is 7.11 Å². The van der Waals surface area contributed by atoms with Crippen LogP contribution in [-0.4, -0.2) is 23.0 Å². The van der Waals surface area contributed by atoms with Crippen LogP contribution < -0.4 is 20.7 Å². The van der Waals surface area contributed by atoms with Crippen LogP contribution in [0.15, 0.2) is 81.4 Å². The third-order valence-corrected chi connectivity index (χ3v) is 4.85. The topological polar surface area (TPSA) is 85.7 Å². The number of para-hydroxylation sites is 1. The molecule has 0 bridgehead atoms. The molecule has 0 aliphatic heterocycles. The second-order valence-corrected chi connectivity index (χ2v) is 7.10. The van der Waals surface area contributed by atoms with E-state index in [0.717, 1.165) is 10.2 Å². The molecule has 0 saturated heterocycles. The Morgan fingerprint density at radius 2 is 1.81 bits per heavy atom. The number of benzene rings is 3. The molecule has 0 radical (unpaired) electrons. The zero-order valence-corrected chi connectivity index (χ0v) is 17.3. The number of hydrogen-bond acceptors (Lipinski definition) is 5. The Morgan fingerprint density at radius 3 is 2.58 bits per heavy atom. The third kappa shape index (κ3) is 4.51. The molecule has 0 fully saturated rings. The van der Waals surface area contributed by atoms with E-state index in [4.69, 9.17) is 21.1 Å². The highest BCUT2D eigenvalue weighted by molar-refractivity contribution is 6.30. The molecule has 3 aromatic carbocycles. The average molecular weight is 436 g/mol. The highest BCUT2D eigenvalue weighted by Gasteiger charge is 2.08. The van der Waals surface area contributed by atoms with E-state index >= 15 is 0 Å². The lowest BCUT2D eigenvalue weighted by Crippen LogP contribution is -2.32. The molecular weight excluding hydrogens is 418 g/mol. The van der Waals surface area contributed by atoms with Gasteiger partial charge in [-0.15, -0.1) is 4.68 Å². The minimum Gasteiger partial charge on any atom is -0.493 e. The Balaban J connectivity index is 1.57. The maximum atomic E-state index is 12.6. The molecule has 0 aliphatic rings.